The Morgan fingerprint density at radius 2 is 0.594 bits per heavy atom. The van der Waals surface area contributed by atoms with E-state index in [1.165, 1.54) is 36.4 Å². The molecule has 0 fully saturated rings. The van der Waals surface area contributed by atoms with E-state index in [0.717, 1.165) is 0 Å². The highest BCUT2D eigenvalue weighted by Gasteiger charge is 2.22. The van der Waals surface area contributed by atoms with E-state index in [1.54, 1.807) is 0 Å². The second-order valence-electron chi connectivity index (χ2n) is 7.37. The maximum absolute atomic E-state index is 11.4. The SMILES string of the molecule is O=P(O)(O)Cc1cc(CP(=O)(O)O)cc(-c2cc(CP(=O)(O)O)cc(CP(=O)(O)O)c2)c1. The van der Waals surface area contributed by atoms with Gasteiger partial charge in [0.2, 0.25) is 0 Å². The standard InChI is InChI=1S/C16H22O12P4/c17-29(18,19)7-11-1-12(8-30(20,21)22)4-15(3-11)16-5-13(9-31(23,24)25)2-14(6-16)10-32(26,27)28/h1-6H,7-10H2,(H2,17,18,19)(H2,20,21,22)(H2,23,24,25)(H2,26,27,28). The van der Waals surface area contributed by atoms with Crippen molar-refractivity contribution in [3.63, 3.8) is 0 Å². The molecule has 0 heterocycles. The van der Waals surface area contributed by atoms with E-state index in [2.05, 4.69) is 0 Å². The van der Waals surface area contributed by atoms with E-state index in [0.29, 0.717) is 0 Å². The van der Waals surface area contributed by atoms with Crippen molar-refractivity contribution in [1.29, 1.82) is 0 Å². The topological polar surface area (TPSA) is 230 Å². The van der Waals surface area contributed by atoms with Crippen molar-refractivity contribution in [3.05, 3.63) is 58.7 Å². The molecule has 12 nitrogen and oxygen atoms in total. The Kier molecular flexibility index (Phi) is 8.29. The molecule has 0 spiro atoms. The van der Waals surface area contributed by atoms with Crippen LogP contribution < -0.4 is 0 Å². The van der Waals surface area contributed by atoms with Gasteiger partial charge in [0.1, 0.15) is 0 Å². The lowest BCUT2D eigenvalue weighted by Gasteiger charge is -2.15. The Balaban J connectivity index is 2.69. The van der Waals surface area contributed by atoms with Crippen molar-refractivity contribution < 1.29 is 57.4 Å². The van der Waals surface area contributed by atoms with Crippen LogP contribution in [0.5, 0.6) is 0 Å². The van der Waals surface area contributed by atoms with Crippen LogP contribution in [-0.4, -0.2) is 39.1 Å². The summed E-state index contributed by atoms with van der Waals surface area (Å²) in [7, 11) is -18.2. The number of hydrogen-bond donors (Lipinski definition) is 8. The van der Waals surface area contributed by atoms with Gasteiger partial charge >= 0.3 is 30.4 Å². The van der Waals surface area contributed by atoms with Gasteiger partial charge in [-0.3, -0.25) is 18.3 Å². The van der Waals surface area contributed by atoms with Gasteiger partial charge in [-0.2, -0.15) is 0 Å². The quantitative estimate of drug-likeness (QED) is 0.218. The number of benzene rings is 2. The molecule has 0 saturated carbocycles. The average molecular weight is 530 g/mol. The lowest BCUT2D eigenvalue weighted by Crippen LogP contribution is -1.97. The van der Waals surface area contributed by atoms with E-state index in [-0.39, 0.29) is 33.4 Å². The zero-order valence-corrected chi connectivity index (χ0v) is 19.9. The third-order valence-electron chi connectivity index (χ3n) is 3.99. The number of hydrogen-bond acceptors (Lipinski definition) is 4. The molecule has 178 valence electrons. The molecule has 2 aromatic carbocycles. The van der Waals surface area contributed by atoms with Crippen LogP contribution in [0.15, 0.2) is 36.4 Å². The fourth-order valence-corrected chi connectivity index (χ4v) is 5.81. The molecule has 0 aliphatic rings. The van der Waals surface area contributed by atoms with Crippen molar-refractivity contribution in [3.8, 4) is 11.1 Å². The summed E-state index contributed by atoms with van der Waals surface area (Å²) < 4.78 is 45.7. The molecule has 2 aromatic rings. The molecule has 0 amide bonds. The molecule has 0 aliphatic heterocycles. The van der Waals surface area contributed by atoms with Crippen LogP contribution in [0.2, 0.25) is 0 Å². The minimum absolute atomic E-state index is 0.0520. The van der Waals surface area contributed by atoms with Gasteiger partial charge < -0.3 is 39.1 Å². The van der Waals surface area contributed by atoms with Crippen LogP contribution in [0, 0.1) is 0 Å². The van der Waals surface area contributed by atoms with Crippen molar-refractivity contribution in [2.24, 2.45) is 0 Å². The first-order valence-electron chi connectivity index (χ1n) is 8.72. The Morgan fingerprint density at radius 3 is 0.750 bits per heavy atom. The monoisotopic (exact) mass is 530 g/mol. The first kappa shape index (κ1) is 27.3. The summed E-state index contributed by atoms with van der Waals surface area (Å²) >= 11 is 0. The largest absolute Gasteiger partial charge is 0.329 e. The first-order chi connectivity index (χ1) is 14.3. The van der Waals surface area contributed by atoms with Gasteiger partial charge in [0.25, 0.3) is 0 Å². The highest BCUT2D eigenvalue weighted by atomic mass is 31.2. The van der Waals surface area contributed by atoms with Gasteiger partial charge in [0.05, 0.1) is 24.6 Å². The van der Waals surface area contributed by atoms with Crippen molar-refractivity contribution in [2.45, 2.75) is 24.6 Å². The molecule has 0 atom stereocenters. The third kappa shape index (κ3) is 10.3. The Hall–Kier alpha value is -0.960. The molecule has 0 radical (unpaired) electrons. The van der Waals surface area contributed by atoms with E-state index < -0.39 is 55.0 Å². The smallest absolute Gasteiger partial charge is 0.324 e. The van der Waals surface area contributed by atoms with Crippen molar-refractivity contribution in [2.75, 3.05) is 0 Å². The summed E-state index contributed by atoms with van der Waals surface area (Å²) in [6, 6.07) is 7.72. The van der Waals surface area contributed by atoms with Crippen LogP contribution in [-0.2, 0) is 42.9 Å². The van der Waals surface area contributed by atoms with Crippen LogP contribution in [0.25, 0.3) is 11.1 Å². The molecule has 32 heavy (non-hydrogen) atoms. The summed E-state index contributed by atoms with van der Waals surface area (Å²) in [4.78, 5) is 74.3. The summed E-state index contributed by atoms with van der Waals surface area (Å²) in [5.74, 6) is 0. The second-order valence-corrected chi connectivity index (χ2v) is 13.9. The fourth-order valence-electron chi connectivity index (χ4n) is 3.18. The van der Waals surface area contributed by atoms with Gasteiger partial charge in [-0.1, -0.05) is 36.4 Å². The third-order valence-corrected chi connectivity index (χ3v) is 7.10. The Morgan fingerprint density at radius 1 is 0.406 bits per heavy atom. The zero-order chi connectivity index (χ0) is 24.5. The molecule has 16 heteroatoms. The van der Waals surface area contributed by atoms with Gasteiger partial charge in [0, 0.05) is 0 Å². The van der Waals surface area contributed by atoms with Crippen LogP contribution in [0.4, 0.5) is 0 Å². The van der Waals surface area contributed by atoms with Crippen LogP contribution >= 0.6 is 30.4 Å². The van der Waals surface area contributed by atoms with Crippen molar-refractivity contribution in [1.82, 2.24) is 0 Å². The Labute approximate surface area is 182 Å². The molecule has 2 rings (SSSR count). The lowest BCUT2D eigenvalue weighted by molar-refractivity contribution is 0.368. The van der Waals surface area contributed by atoms with E-state index in [4.69, 9.17) is 0 Å². The maximum atomic E-state index is 11.4. The van der Waals surface area contributed by atoms with Gasteiger partial charge in [-0.25, -0.2) is 0 Å². The fraction of sp³-hybridized carbons (Fsp3) is 0.250. The average Bonchev–Trinajstić information content (AvgIpc) is 2.47. The predicted octanol–water partition coefficient (Wildman–Crippen LogP) is 2.06. The highest BCUT2D eigenvalue weighted by molar-refractivity contribution is 7.51. The minimum Gasteiger partial charge on any atom is -0.324 e. The molecule has 0 bridgehead atoms. The summed E-state index contributed by atoms with van der Waals surface area (Å²) in [6.07, 6.45) is -2.92. The summed E-state index contributed by atoms with van der Waals surface area (Å²) in [5, 5.41) is 0. The molecular weight excluding hydrogens is 508 g/mol. The molecular formula is C16H22O12P4. The second kappa shape index (κ2) is 9.72. The molecule has 0 unspecified atom stereocenters. The number of rotatable bonds is 9. The summed E-state index contributed by atoms with van der Waals surface area (Å²) in [5.41, 5.74) is 0.595. The molecule has 0 saturated heterocycles. The predicted molar refractivity (Wildman–Crippen MR) is 115 cm³/mol. The zero-order valence-electron chi connectivity index (χ0n) is 16.3. The maximum Gasteiger partial charge on any atom is 0.329 e. The normalized spacial score (nSPS) is 13.4. The van der Waals surface area contributed by atoms with E-state index in [1.807, 2.05) is 0 Å². The van der Waals surface area contributed by atoms with E-state index >= 15 is 0 Å². The minimum atomic E-state index is -4.54. The highest BCUT2D eigenvalue weighted by Crippen LogP contribution is 2.45. The van der Waals surface area contributed by atoms with Crippen LogP contribution in [0.3, 0.4) is 0 Å². The van der Waals surface area contributed by atoms with Crippen LogP contribution in [0.1, 0.15) is 22.3 Å². The Bertz CT molecular complexity index is 1010. The first-order valence-corrected chi connectivity index (χ1v) is 15.9. The van der Waals surface area contributed by atoms with Gasteiger partial charge in [-0.05, 0) is 33.4 Å². The molecule has 0 aliphatic carbocycles. The van der Waals surface area contributed by atoms with Gasteiger partial charge in [0.15, 0.2) is 0 Å². The van der Waals surface area contributed by atoms with E-state index in [9.17, 15) is 57.4 Å². The lowest BCUT2D eigenvalue weighted by atomic mass is 9.97. The molecule has 0 aromatic heterocycles. The van der Waals surface area contributed by atoms with Gasteiger partial charge in [-0.15, -0.1) is 0 Å². The van der Waals surface area contributed by atoms with Crippen molar-refractivity contribution >= 4 is 30.4 Å². The summed E-state index contributed by atoms with van der Waals surface area (Å²) in [6.45, 7) is 0. The molecule has 8 N–H and O–H groups in total.